The van der Waals surface area contributed by atoms with Crippen LogP contribution in [0.5, 0.6) is 0 Å². The van der Waals surface area contributed by atoms with Crippen molar-refractivity contribution < 1.29 is 9.13 Å². The van der Waals surface area contributed by atoms with Crippen LogP contribution in [0.15, 0.2) is 29.4 Å². The van der Waals surface area contributed by atoms with Crippen molar-refractivity contribution in [1.29, 1.82) is 0 Å². The van der Waals surface area contributed by atoms with Gasteiger partial charge in [0.2, 0.25) is 0 Å². The van der Waals surface area contributed by atoms with Gasteiger partial charge in [-0.2, -0.15) is 0 Å². The van der Waals surface area contributed by atoms with Gasteiger partial charge in [-0.05, 0) is 31.5 Å². The number of fused-ring (bicyclic) bond motifs is 1. The average Bonchev–Trinajstić information content (AvgIpc) is 2.99. The number of hydrogen-bond acceptors (Lipinski definition) is 6. The first-order valence-corrected chi connectivity index (χ1v) is 7.95. The fraction of sp³-hybridized carbons (Fsp3) is 0.385. The molecule has 0 amide bonds. The van der Waals surface area contributed by atoms with Gasteiger partial charge < -0.3 is 5.32 Å². The summed E-state index contributed by atoms with van der Waals surface area (Å²) in [5.74, 6) is 0.973. The first kappa shape index (κ1) is 16.7. The van der Waals surface area contributed by atoms with Gasteiger partial charge in [-0.25, -0.2) is 4.98 Å². The number of nitro benzene ring substituents is 1. The third kappa shape index (κ3) is 3.57. The first-order valence-electron chi connectivity index (χ1n) is 6.64. The Kier molecular flexibility index (Phi) is 5.38. The molecule has 22 heavy (non-hydrogen) atoms. The molecule has 0 aliphatic carbocycles. The molecule has 0 radical (unpaired) electrons. The van der Waals surface area contributed by atoms with E-state index in [0.717, 1.165) is 19.5 Å². The lowest BCUT2D eigenvalue weighted by molar-refractivity contribution is -0.384. The zero-order chi connectivity index (χ0) is 14.8. The molecule has 0 saturated carbocycles. The third-order valence-electron chi connectivity index (χ3n) is 3.50. The number of hydrogen-bond donors (Lipinski definition) is 1. The van der Waals surface area contributed by atoms with E-state index in [1.165, 1.54) is 24.4 Å². The summed E-state index contributed by atoms with van der Waals surface area (Å²) in [5, 5.41) is 14.4. The van der Waals surface area contributed by atoms with Crippen molar-refractivity contribution in [3.05, 3.63) is 34.5 Å². The lowest BCUT2D eigenvalue weighted by Gasteiger charge is -2.07. The highest BCUT2D eigenvalue weighted by atomic mass is 35.5. The summed E-state index contributed by atoms with van der Waals surface area (Å²) >= 11 is 0. The number of non-ortho nitro benzene ring substituents is 1. The van der Waals surface area contributed by atoms with Crippen molar-refractivity contribution in [1.82, 2.24) is 15.3 Å². The Morgan fingerprint density at radius 1 is 1.41 bits per heavy atom. The molecule has 118 valence electrons. The standard InChI is InChI=1S/C13H14N4O3S.ClH/c18-17(19)10-1-2-11-12(5-10)15-7-13(16-11)21(20)8-9-3-4-14-6-9;/h1-2,5,7,9,14H,3-4,6,8H2;1H. The Hall–Kier alpha value is -1.64. The lowest BCUT2D eigenvalue weighted by Crippen LogP contribution is -2.15. The van der Waals surface area contributed by atoms with Crippen molar-refractivity contribution in [3.63, 3.8) is 0 Å². The molecule has 2 unspecified atom stereocenters. The molecule has 1 saturated heterocycles. The largest absolute Gasteiger partial charge is 0.316 e. The fourth-order valence-electron chi connectivity index (χ4n) is 2.36. The highest BCUT2D eigenvalue weighted by Gasteiger charge is 2.19. The topological polar surface area (TPSA) is 98.0 Å². The SMILES string of the molecule is Cl.O=[N+]([O-])c1ccc2nc(S(=O)CC3CCNC3)cnc2c1. The quantitative estimate of drug-likeness (QED) is 0.670. The molecule has 0 spiro atoms. The van der Waals surface area contributed by atoms with Crippen LogP contribution in [0.3, 0.4) is 0 Å². The van der Waals surface area contributed by atoms with Crippen LogP contribution in [0.2, 0.25) is 0 Å². The van der Waals surface area contributed by atoms with Crippen molar-refractivity contribution >= 4 is 39.9 Å². The number of benzene rings is 1. The van der Waals surface area contributed by atoms with Crippen molar-refractivity contribution in [2.24, 2.45) is 5.92 Å². The molecule has 3 rings (SSSR count). The predicted molar refractivity (Wildman–Crippen MR) is 85.7 cm³/mol. The maximum atomic E-state index is 12.3. The molecule has 7 nitrogen and oxygen atoms in total. The minimum atomic E-state index is -1.19. The molecule has 0 bridgehead atoms. The van der Waals surface area contributed by atoms with E-state index in [2.05, 4.69) is 15.3 Å². The number of aromatic nitrogens is 2. The van der Waals surface area contributed by atoms with Crippen LogP contribution in [-0.4, -0.2) is 37.9 Å². The second kappa shape index (κ2) is 7.08. The summed E-state index contributed by atoms with van der Waals surface area (Å²) in [5.41, 5.74) is 0.936. The number of rotatable bonds is 4. The Bertz CT molecular complexity index is 721. The molecule has 9 heteroatoms. The molecule has 1 fully saturated rings. The Labute approximate surface area is 135 Å². The normalized spacial score (nSPS) is 18.8. The van der Waals surface area contributed by atoms with Crippen LogP contribution in [0.25, 0.3) is 11.0 Å². The second-order valence-electron chi connectivity index (χ2n) is 5.01. The van der Waals surface area contributed by atoms with Crippen LogP contribution >= 0.6 is 12.4 Å². The molecular weight excluding hydrogens is 328 g/mol. The van der Waals surface area contributed by atoms with Crippen LogP contribution in [0, 0.1) is 16.0 Å². The van der Waals surface area contributed by atoms with Crippen LogP contribution < -0.4 is 5.32 Å². The van der Waals surface area contributed by atoms with E-state index in [-0.39, 0.29) is 18.1 Å². The molecule has 1 aliphatic heterocycles. The monoisotopic (exact) mass is 342 g/mol. The number of halogens is 1. The number of nitrogens with zero attached hydrogens (tertiary/aromatic N) is 3. The zero-order valence-corrected chi connectivity index (χ0v) is 13.2. The van der Waals surface area contributed by atoms with Crippen LogP contribution in [-0.2, 0) is 10.8 Å². The smallest absolute Gasteiger partial charge is 0.271 e. The highest BCUT2D eigenvalue weighted by molar-refractivity contribution is 7.84. The number of nitro groups is 1. The predicted octanol–water partition coefficient (Wildman–Crippen LogP) is 1.68. The Morgan fingerprint density at radius 2 is 2.23 bits per heavy atom. The van der Waals surface area contributed by atoms with E-state index < -0.39 is 15.7 Å². The van der Waals surface area contributed by atoms with Gasteiger partial charge in [0.15, 0.2) is 0 Å². The minimum absolute atomic E-state index is 0. The number of nitrogens with one attached hydrogen (secondary N) is 1. The Balaban J connectivity index is 0.00000176. The van der Waals surface area contributed by atoms with E-state index in [4.69, 9.17) is 0 Å². The lowest BCUT2D eigenvalue weighted by atomic mass is 10.2. The molecule has 1 aromatic carbocycles. The minimum Gasteiger partial charge on any atom is -0.316 e. The van der Waals surface area contributed by atoms with Gasteiger partial charge in [0.05, 0.1) is 33.0 Å². The van der Waals surface area contributed by atoms with E-state index in [9.17, 15) is 14.3 Å². The summed E-state index contributed by atoms with van der Waals surface area (Å²) in [6.07, 6.45) is 2.48. The molecular formula is C13H15ClN4O3S. The van der Waals surface area contributed by atoms with Gasteiger partial charge in [0, 0.05) is 17.9 Å². The van der Waals surface area contributed by atoms with Gasteiger partial charge in [-0.1, -0.05) is 0 Å². The van der Waals surface area contributed by atoms with Gasteiger partial charge >= 0.3 is 0 Å². The van der Waals surface area contributed by atoms with Gasteiger partial charge in [0.25, 0.3) is 5.69 Å². The molecule has 1 N–H and O–H groups in total. The second-order valence-corrected chi connectivity index (χ2v) is 6.45. The molecule has 1 aromatic heterocycles. The van der Waals surface area contributed by atoms with Crippen LogP contribution in [0.1, 0.15) is 6.42 Å². The van der Waals surface area contributed by atoms with Crippen molar-refractivity contribution in [3.8, 4) is 0 Å². The molecule has 1 aliphatic rings. The van der Waals surface area contributed by atoms with Gasteiger partial charge in [0.1, 0.15) is 5.03 Å². The first-order chi connectivity index (χ1) is 10.1. The highest BCUT2D eigenvalue weighted by Crippen LogP contribution is 2.19. The summed E-state index contributed by atoms with van der Waals surface area (Å²) in [6, 6.07) is 4.29. The molecule has 2 aromatic rings. The van der Waals surface area contributed by atoms with Gasteiger partial charge in [-0.3, -0.25) is 19.3 Å². The summed E-state index contributed by atoms with van der Waals surface area (Å²) in [4.78, 5) is 18.7. The van der Waals surface area contributed by atoms with E-state index in [1.807, 2.05) is 0 Å². The van der Waals surface area contributed by atoms with Gasteiger partial charge in [-0.15, -0.1) is 12.4 Å². The maximum Gasteiger partial charge on any atom is 0.271 e. The van der Waals surface area contributed by atoms with E-state index in [1.54, 1.807) is 0 Å². The zero-order valence-electron chi connectivity index (χ0n) is 11.6. The van der Waals surface area contributed by atoms with Crippen LogP contribution in [0.4, 0.5) is 5.69 Å². The fourth-order valence-corrected chi connectivity index (χ4v) is 3.62. The molecule has 2 atom stereocenters. The molecule has 2 heterocycles. The summed E-state index contributed by atoms with van der Waals surface area (Å²) < 4.78 is 12.3. The summed E-state index contributed by atoms with van der Waals surface area (Å²) in [6.45, 7) is 1.86. The third-order valence-corrected chi connectivity index (χ3v) is 4.93. The summed E-state index contributed by atoms with van der Waals surface area (Å²) in [7, 11) is -1.19. The maximum absolute atomic E-state index is 12.3. The van der Waals surface area contributed by atoms with Crippen molar-refractivity contribution in [2.75, 3.05) is 18.8 Å². The van der Waals surface area contributed by atoms with E-state index >= 15 is 0 Å². The van der Waals surface area contributed by atoms with Crippen molar-refractivity contribution in [2.45, 2.75) is 11.4 Å². The Morgan fingerprint density at radius 3 is 2.91 bits per heavy atom. The van der Waals surface area contributed by atoms with E-state index in [0.29, 0.717) is 27.7 Å². The average molecular weight is 343 g/mol.